The first kappa shape index (κ1) is 17.4. The molecule has 0 radical (unpaired) electrons. The fraction of sp³-hybridized carbons (Fsp3) is 0.200. The Labute approximate surface area is 156 Å². The summed E-state index contributed by atoms with van der Waals surface area (Å²) in [7, 11) is 0. The second-order valence-corrected chi connectivity index (χ2v) is 6.90. The maximum Gasteiger partial charge on any atom is 0.225 e. The lowest BCUT2D eigenvalue weighted by molar-refractivity contribution is -0.116. The second kappa shape index (κ2) is 8.12. The Morgan fingerprint density at radius 2 is 1.80 bits per heavy atom. The maximum atomic E-state index is 12.2. The molecular formula is C20H20BrN3O. The summed E-state index contributed by atoms with van der Waals surface area (Å²) >= 11 is 3.47. The largest absolute Gasteiger partial charge is 0.308 e. The van der Waals surface area contributed by atoms with E-state index in [1.54, 1.807) is 0 Å². The molecule has 0 bridgehead atoms. The van der Waals surface area contributed by atoms with Crippen LogP contribution >= 0.6 is 15.9 Å². The van der Waals surface area contributed by atoms with Gasteiger partial charge in [0.25, 0.3) is 0 Å². The van der Waals surface area contributed by atoms with Gasteiger partial charge in [-0.05, 0) is 40.4 Å². The first-order valence-corrected chi connectivity index (χ1v) is 9.02. The molecule has 0 saturated carbocycles. The number of carbonyl (C=O) groups is 1. The molecule has 0 fully saturated rings. The van der Waals surface area contributed by atoms with Crippen LogP contribution in [0, 0.1) is 6.92 Å². The van der Waals surface area contributed by atoms with Gasteiger partial charge < -0.3 is 5.32 Å². The topological polar surface area (TPSA) is 46.9 Å². The van der Waals surface area contributed by atoms with E-state index in [0.29, 0.717) is 25.2 Å². The van der Waals surface area contributed by atoms with E-state index in [1.165, 1.54) is 11.1 Å². The number of rotatable bonds is 6. The molecule has 0 aliphatic carbocycles. The molecular weight excluding hydrogens is 378 g/mol. The predicted molar refractivity (Wildman–Crippen MR) is 104 cm³/mol. The standard InChI is InChI=1S/C20H20BrN3O/c1-15-7-9-17(10-8-15)13-24-14-18(21)20(23-24)22-19(25)12-11-16-5-3-2-4-6-16/h2-10,14H,11-13H2,1H3,(H,22,23,25). The molecule has 0 aliphatic rings. The number of benzene rings is 2. The zero-order valence-corrected chi connectivity index (χ0v) is 15.7. The van der Waals surface area contributed by atoms with E-state index in [0.717, 1.165) is 10.0 Å². The highest BCUT2D eigenvalue weighted by Gasteiger charge is 2.11. The average Bonchev–Trinajstić information content (AvgIpc) is 2.95. The van der Waals surface area contributed by atoms with Crippen LogP contribution in [0.15, 0.2) is 65.3 Å². The molecule has 0 saturated heterocycles. The fourth-order valence-electron chi connectivity index (χ4n) is 2.54. The molecule has 2 aromatic carbocycles. The van der Waals surface area contributed by atoms with Crippen LogP contribution in [-0.4, -0.2) is 15.7 Å². The third kappa shape index (κ3) is 5.03. The van der Waals surface area contributed by atoms with Gasteiger partial charge in [0.1, 0.15) is 0 Å². The Morgan fingerprint density at radius 3 is 2.52 bits per heavy atom. The molecule has 25 heavy (non-hydrogen) atoms. The quantitative estimate of drug-likeness (QED) is 0.661. The number of aryl methyl sites for hydroxylation is 2. The Hall–Kier alpha value is -2.40. The number of aromatic nitrogens is 2. The van der Waals surface area contributed by atoms with E-state index in [2.05, 4.69) is 57.5 Å². The molecule has 0 aliphatic heterocycles. The van der Waals surface area contributed by atoms with Crippen molar-refractivity contribution < 1.29 is 4.79 Å². The van der Waals surface area contributed by atoms with Gasteiger partial charge in [0.15, 0.2) is 5.82 Å². The van der Waals surface area contributed by atoms with E-state index in [1.807, 2.05) is 41.2 Å². The van der Waals surface area contributed by atoms with Crippen molar-refractivity contribution in [3.05, 3.63) is 82.0 Å². The maximum absolute atomic E-state index is 12.2. The molecule has 3 rings (SSSR count). The summed E-state index contributed by atoms with van der Waals surface area (Å²) in [5.74, 6) is 0.523. The van der Waals surface area contributed by atoms with Gasteiger partial charge >= 0.3 is 0 Å². The number of amides is 1. The number of nitrogens with zero attached hydrogens (tertiary/aromatic N) is 2. The number of hydrogen-bond donors (Lipinski definition) is 1. The third-order valence-corrected chi connectivity index (χ3v) is 4.50. The number of nitrogens with one attached hydrogen (secondary N) is 1. The molecule has 0 spiro atoms. The summed E-state index contributed by atoms with van der Waals surface area (Å²) in [6.07, 6.45) is 3.03. The summed E-state index contributed by atoms with van der Waals surface area (Å²) in [6, 6.07) is 18.3. The zero-order valence-electron chi connectivity index (χ0n) is 14.1. The Balaban J connectivity index is 1.58. The molecule has 0 atom stereocenters. The highest BCUT2D eigenvalue weighted by molar-refractivity contribution is 9.10. The Bertz CT molecular complexity index is 841. The van der Waals surface area contributed by atoms with E-state index in [4.69, 9.17) is 0 Å². The summed E-state index contributed by atoms with van der Waals surface area (Å²) < 4.78 is 2.61. The van der Waals surface area contributed by atoms with Crippen LogP contribution in [0.4, 0.5) is 5.82 Å². The lowest BCUT2D eigenvalue weighted by Crippen LogP contribution is -2.13. The van der Waals surface area contributed by atoms with Gasteiger partial charge in [0, 0.05) is 12.6 Å². The Kier molecular flexibility index (Phi) is 5.66. The van der Waals surface area contributed by atoms with E-state index in [-0.39, 0.29) is 5.91 Å². The minimum Gasteiger partial charge on any atom is -0.308 e. The second-order valence-electron chi connectivity index (χ2n) is 6.04. The molecule has 128 valence electrons. The van der Waals surface area contributed by atoms with Gasteiger partial charge in [-0.3, -0.25) is 9.48 Å². The van der Waals surface area contributed by atoms with Gasteiger partial charge in [-0.1, -0.05) is 60.2 Å². The summed E-state index contributed by atoms with van der Waals surface area (Å²) in [6.45, 7) is 2.73. The fourth-order valence-corrected chi connectivity index (χ4v) is 2.96. The summed E-state index contributed by atoms with van der Waals surface area (Å²) in [5.41, 5.74) is 3.56. The van der Waals surface area contributed by atoms with E-state index in [9.17, 15) is 4.79 Å². The molecule has 1 N–H and O–H groups in total. The van der Waals surface area contributed by atoms with Crippen molar-refractivity contribution in [2.45, 2.75) is 26.3 Å². The van der Waals surface area contributed by atoms with Crippen molar-refractivity contribution in [2.24, 2.45) is 0 Å². The third-order valence-electron chi connectivity index (χ3n) is 3.92. The lowest BCUT2D eigenvalue weighted by atomic mass is 10.1. The number of carbonyl (C=O) groups excluding carboxylic acids is 1. The van der Waals surface area contributed by atoms with Crippen LogP contribution in [0.1, 0.15) is 23.1 Å². The van der Waals surface area contributed by atoms with Crippen molar-refractivity contribution in [2.75, 3.05) is 5.32 Å². The van der Waals surface area contributed by atoms with Gasteiger partial charge in [0.2, 0.25) is 5.91 Å². The number of halogens is 1. The van der Waals surface area contributed by atoms with Crippen LogP contribution in [0.3, 0.4) is 0 Å². The highest BCUT2D eigenvalue weighted by atomic mass is 79.9. The van der Waals surface area contributed by atoms with Crippen LogP contribution in [-0.2, 0) is 17.8 Å². The smallest absolute Gasteiger partial charge is 0.225 e. The minimum atomic E-state index is -0.0369. The minimum absolute atomic E-state index is 0.0369. The van der Waals surface area contributed by atoms with Gasteiger partial charge in [-0.15, -0.1) is 0 Å². The van der Waals surface area contributed by atoms with Gasteiger partial charge in [-0.2, -0.15) is 5.10 Å². The van der Waals surface area contributed by atoms with Crippen molar-refractivity contribution in [1.82, 2.24) is 9.78 Å². The highest BCUT2D eigenvalue weighted by Crippen LogP contribution is 2.21. The average molecular weight is 398 g/mol. The van der Waals surface area contributed by atoms with Crippen LogP contribution in [0.5, 0.6) is 0 Å². The van der Waals surface area contributed by atoms with Crippen molar-refractivity contribution in [1.29, 1.82) is 0 Å². The first-order chi connectivity index (χ1) is 12.1. The van der Waals surface area contributed by atoms with Crippen LogP contribution in [0.2, 0.25) is 0 Å². The van der Waals surface area contributed by atoms with E-state index >= 15 is 0 Å². The van der Waals surface area contributed by atoms with Crippen molar-refractivity contribution in [3.8, 4) is 0 Å². The van der Waals surface area contributed by atoms with Crippen molar-refractivity contribution in [3.63, 3.8) is 0 Å². The SMILES string of the molecule is Cc1ccc(Cn2cc(Br)c(NC(=O)CCc3ccccc3)n2)cc1. The molecule has 3 aromatic rings. The lowest BCUT2D eigenvalue weighted by Gasteiger charge is -2.04. The monoisotopic (exact) mass is 397 g/mol. The predicted octanol–water partition coefficient (Wildman–Crippen LogP) is 4.57. The molecule has 1 aromatic heterocycles. The van der Waals surface area contributed by atoms with Gasteiger partial charge in [-0.25, -0.2) is 0 Å². The summed E-state index contributed by atoms with van der Waals surface area (Å²) in [5, 5.41) is 7.34. The molecule has 0 unspecified atom stereocenters. The van der Waals surface area contributed by atoms with Crippen molar-refractivity contribution >= 4 is 27.7 Å². The normalized spacial score (nSPS) is 10.6. The molecule has 4 nitrogen and oxygen atoms in total. The molecule has 5 heteroatoms. The zero-order chi connectivity index (χ0) is 17.6. The summed E-state index contributed by atoms with van der Waals surface area (Å²) in [4.78, 5) is 12.2. The van der Waals surface area contributed by atoms with Crippen LogP contribution < -0.4 is 5.32 Å². The van der Waals surface area contributed by atoms with Crippen LogP contribution in [0.25, 0.3) is 0 Å². The number of anilines is 1. The van der Waals surface area contributed by atoms with Gasteiger partial charge in [0.05, 0.1) is 11.0 Å². The molecule has 1 amide bonds. The number of hydrogen-bond acceptors (Lipinski definition) is 2. The first-order valence-electron chi connectivity index (χ1n) is 8.22. The molecule has 1 heterocycles. The Morgan fingerprint density at radius 1 is 1.08 bits per heavy atom. The van der Waals surface area contributed by atoms with E-state index < -0.39 is 0 Å².